The molecule has 7 heteroatoms. The van der Waals surface area contributed by atoms with Gasteiger partial charge in [-0.05, 0) is 34.2 Å². The number of imidazole rings is 1. The van der Waals surface area contributed by atoms with E-state index >= 15 is 0 Å². The molecule has 0 radical (unpaired) electrons. The SMILES string of the molecule is CC1CCN(C(=O)[C@@H](c2ccccc2)n2cnc([N+](=O)[O-])c2)CC1. The summed E-state index contributed by atoms with van der Waals surface area (Å²) < 4.78 is 1.54. The van der Waals surface area contributed by atoms with Crippen molar-refractivity contribution in [3.05, 3.63) is 58.5 Å². The highest BCUT2D eigenvalue weighted by Gasteiger charge is 2.31. The molecule has 126 valence electrons. The molecule has 0 spiro atoms. The monoisotopic (exact) mass is 328 g/mol. The number of nitro groups is 1. The lowest BCUT2D eigenvalue weighted by atomic mass is 9.97. The highest BCUT2D eigenvalue weighted by Crippen LogP contribution is 2.25. The Kier molecular flexibility index (Phi) is 4.59. The predicted molar refractivity (Wildman–Crippen MR) is 88.4 cm³/mol. The Labute approximate surface area is 140 Å². The molecule has 1 aliphatic heterocycles. The highest BCUT2D eigenvalue weighted by molar-refractivity contribution is 5.83. The summed E-state index contributed by atoms with van der Waals surface area (Å²) >= 11 is 0. The molecular weight excluding hydrogens is 308 g/mol. The summed E-state index contributed by atoms with van der Waals surface area (Å²) in [5, 5.41) is 10.9. The van der Waals surface area contributed by atoms with Gasteiger partial charge in [0.15, 0.2) is 0 Å². The van der Waals surface area contributed by atoms with Crippen LogP contribution in [-0.4, -0.2) is 38.4 Å². The van der Waals surface area contributed by atoms with Gasteiger partial charge in [0, 0.05) is 13.1 Å². The number of likely N-dealkylation sites (tertiary alicyclic amines) is 1. The quantitative estimate of drug-likeness (QED) is 0.638. The van der Waals surface area contributed by atoms with Crippen molar-refractivity contribution in [3.8, 4) is 0 Å². The molecule has 1 aromatic carbocycles. The van der Waals surface area contributed by atoms with Gasteiger partial charge in [0.2, 0.25) is 12.2 Å². The first kappa shape index (κ1) is 16.2. The van der Waals surface area contributed by atoms with Crippen molar-refractivity contribution in [2.24, 2.45) is 5.92 Å². The molecule has 0 aliphatic carbocycles. The van der Waals surface area contributed by atoms with Crippen molar-refractivity contribution >= 4 is 11.7 Å². The Balaban J connectivity index is 1.93. The minimum Gasteiger partial charge on any atom is -0.358 e. The van der Waals surface area contributed by atoms with Gasteiger partial charge in [0.25, 0.3) is 0 Å². The maximum Gasteiger partial charge on any atom is 0.381 e. The van der Waals surface area contributed by atoms with Gasteiger partial charge in [-0.3, -0.25) is 9.36 Å². The summed E-state index contributed by atoms with van der Waals surface area (Å²) in [7, 11) is 0. The number of piperidine rings is 1. The number of aromatic nitrogens is 2. The largest absolute Gasteiger partial charge is 0.381 e. The van der Waals surface area contributed by atoms with E-state index in [0.29, 0.717) is 5.92 Å². The molecule has 0 bridgehead atoms. The predicted octanol–water partition coefficient (Wildman–Crippen LogP) is 2.64. The van der Waals surface area contributed by atoms with Crippen LogP contribution in [0.15, 0.2) is 42.9 Å². The first-order valence-electron chi connectivity index (χ1n) is 8.08. The van der Waals surface area contributed by atoms with Crippen LogP contribution in [0.5, 0.6) is 0 Å². The molecule has 1 aliphatic rings. The number of rotatable bonds is 4. The summed E-state index contributed by atoms with van der Waals surface area (Å²) in [5.41, 5.74) is 0.799. The topological polar surface area (TPSA) is 81.3 Å². The van der Waals surface area contributed by atoms with Crippen molar-refractivity contribution in [2.75, 3.05) is 13.1 Å². The molecule has 1 aromatic heterocycles. The number of hydrogen-bond acceptors (Lipinski definition) is 4. The fourth-order valence-electron chi connectivity index (χ4n) is 3.04. The van der Waals surface area contributed by atoms with Crippen LogP contribution in [0.4, 0.5) is 5.82 Å². The number of carbonyl (C=O) groups is 1. The van der Waals surface area contributed by atoms with E-state index in [9.17, 15) is 14.9 Å². The van der Waals surface area contributed by atoms with Crippen LogP contribution >= 0.6 is 0 Å². The Morgan fingerprint density at radius 3 is 2.54 bits per heavy atom. The maximum absolute atomic E-state index is 13.1. The van der Waals surface area contributed by atoms with Gasteiger partial charge in [0.1, 0.15) is 12.2 Å². The smallest absolute Gasteiger partial charge is 0.358 e. The Morgan fingerprint density at radius 1 is 1.29 bits per heavy atom. The molecule has 0 unspecified atom stereocenters. The summed E-state index contributed by atoms with van der Waals surface area (Å²) in [4.78, 5) is 29.1. The zero-order valence-electron chi connectivity index (χ0n) is 13.5. The molecule has 7 nitrogen and oxygen atoms in total. The van der Waals surface area contributed by atoms with Crippen molar-refractivity contribution in [2.45, 2.75) is 25.8 Å². The van der Waals surface area contributed by atoms with Crippen LogP contribution in [0, 0.1) is 16.0 Å². The third-order valence-corrected chi connectivity index (χ3v) is 4.52. The molecule has 0 N–H and O–H groups in total. The Bertz CT molecular complexity index is 720. The molecule has 1 amide bonds. The van der Waals surface area contributed by atoms with Crippen LogP contribution < -0.4 is 0 Å². The molecular formula is C17H20N4O3. The Hall–Kier alpha value is -2.70. The van der Waals surface area contributed by atoms with E-state index in [0.717, 1.165) is 31.5 Å². The van der Waals surface area contributed by atoms with Gasteiger partial charge < -0.3 is 15.0 Å². The van der Waals surface area contributed by atoms with E-state index in [1.54, 1.807) is 0 Å². The minimum atomic E-state index is -0.624. The van der Waals surface area contributed by atoms with E-state index in [4.69, 9.17) is 0 Å². The first-order chi connectivity index (χ1) is 11.6. The van der Waals surface area contributed by atoms with E-state index in [2.05, 4.69) is 11.9 Å². The highest BCUT2D eigenvalue weighted by atomic mass is 16.6. The summed E-state index contributed by atoms with van der Waals surface area (Å²) in [6.45, 7) is 3.63. The van der Waals surface area contributed by atoms with Gasteiger partial charge in [-0.15, -0.1) is 0 Å². The first-order valence-corrected chi connectivity index (χ1v) is 8.08. The van der Waals surface area contributed by atoms with Crippen molar-refractivity contribution in [1.82, 2.24) is 14.5 Å². The standard InChI is InChI=1S/C17H20N4O3/c1-13-7-9-19(10-8-13)17(22)16(14-5-3-2-4-6-14)20-11-15(18-12-20)21(23)24/h2-6,11-13,16H,7-10H2,1H3/t16-/m1/s1. The van der Waals surface area contributed by atoms with Crippen LogP contribution in [0.2, 0.25) is 0 Å². The Morgan fingerprint density at radius 2 is 1.96 bits per heavy atom. The van der Waals surface area contributed by atoms with Crippen LogP contribution in [0.3, 0.4) is 0 Å². The molecule has 0 saturated carbocycles. The van der Waals surface area contributed by atoms with Gasteiger partial charge in [-0.2, -0.15) is 0 Å². The fraction of sp³-hybridized carbons (Fsp3) is 0.412. The van der Waals surface area contributed by atoms with Crippen molar-refractivity contribution in [3.63, 3.8) is 0 Å². The molecule has 1 saturated heterocycles. The molecule has 2 heterocycles. The van der Waals surface area contributed by atoms with Gasteiger partial charge in [-0.25, -0.2) is 0 Å². The second-order valence-corrected chi connectivity index (χ2v) is 6.26. The number of hydrogen-bond donors (Lipinski definition) is 0. The van der Waals surface area contributed by atoms with Crippen LogP contribution in [0.25, 0.3) is 0 Å². The van der Waals surface area contributed by atoms with E-state index in [1.807, 2.05) is 35.2 Å². The average Bonchev–Trinajstić information content (AvgIpc) is 3.06. The molecule has 1 atom stereocenters. The summed E-state index contributed by atoms with van der Waals surface area (Å²) in [6, 6.07) is 8.70. The third kappa shape index (κ3) is 3.29. The maximum atomic E-state index is 13.1. The van der Waals surface area contributed by atoms with E-state index in [1.165, 1.54) is 17.1 Å². The van der Waals surface area contributed by atoms with Gasteiger partial charge in [0.05, 0.1) is 0 Å². The fourth-order valence-corrected chi connectivity index (χ4v) is 3.04. The summed E-state index contributed by atoms with van der Waals surface area (Å²) in [6.07, 6.45) is 4.65. The second kappa shape index (κ2) is 6.82. The number of benzene rings is 1. The molecule has 3 rings (SSSR count). The lowest BCUT2D eigenvalue weighted by Crippen LogP contribution is -2.42. The van der Waals surface area contributed by atoms with Crippen LogP contribution in [0.1, 0.15) is 31.4 Å². The summed E-state index contributed by atoms with van der Waals surface area (Å²) in [5.74, 6) is 0.329. The zero-order valence-corrected chi connectivity index (χ0v) is 13.5. The minimum absolute atomic E-state index is 0.0413. The van der Waals surface area contributed by atoms with Crippen molar-refractivity contribution in [1.29, 1.82) is 0 Å². The van der Waals surface area contributed by atoms with E-state index < -0.39 is 11.0 Å². The van der Waals surface area contributed by atoms with Crippen molar-refractivity contribution < 1.29 is 9.72 Å². The normalized spacial score (nSPS) is 16.8. The van der Waals surface area contributed by atoms with Crippen LogP contribution in [-0.2, 0) is 4.79 Å². The number of amides is 1. The third-order valence-electron chi connectivity index (χ3n) is 4.52. The second-order valence-electron chi connectivity index (χ2n) is 6.26. The lowest BCUT2D eigenvalue weighted by Gasteiger charge is -2.33. The molecule has 2 aromatic rings. The number of carbonyl (C=O) groups excluding carboxylic acids is 1. The molecule has 24 heavy (non-hydrogen) atoms. The van der Waals surface area contributed by atoms with Gasteiger partial charge >= 0.3 is 5.82 Å². The average molecular weight is 328 g/mol. The van der Waals surface area contributed by atoms with Gasteiger partial charge in [-0.1, -0.05) is 37.3 Å². The lowest BCUT2D eigenvalue weighted by molar-refractivity contribution is -0.389. The molecule has 1 fully saturated rings. The number of nitrogens with zero attached hydrogens (tertiary/aromatic N) is 4. The zero-order chi connectivity index (χ0) is 17.1. The van der Waals surface area contributed by atoms with E-state index in [-0.39, 0.29) is 11.7 Å².